The number of anilines is 1. The van der Waals surface area contributed by atoms with Crippen LogP contribution in [0.15, 0.2) is 18.2 Å². The van der Waals surface area contributed by atoms with Gasteiger partial charge in [0.05, 0.1) is 18.2 Å². The Kier molecular flexibility index (Phi) is 3.92. The molecule has 0 spiro atoms. The fourth-order valence-electron chi connectivity index (χ4n) is 2.38. The highest BCUT2D eigenvalue weighted by atomic mass is 16.5. The molecule has 0 atom stereocenters. The summed E-state index contributed by atoms with van der Waals surface area (Å²) in [7, 11) is 1.63. The molecule has 0 aliphatic carbocycles. The zero-order valence-electron chi connectivity index (χ0n) is 12.4. The topological polar surface area (TPSA) is 78.9 Å². The van der Waals surface area contributed by atoms with Crippen LogP contribution in [0.1, 0.15) is 33.6 Å². The number of hydrogen-bond donors (Lipinski definition) is 1. The summed E-state index contributed by atoms with van der Waals surface area (Å²) in [5.74, 6) is 1.38. The predicted molar refractivity (Wildman–Crippen MR) is 78.4 cm³/mol. The van der Waals surface area contributed by atoms with E-state index in [4.69, 9.17) is 10.5 Å². The van der Waals surface area contributed by atoms with Crippen molar-refractivity contribution in [3.63, 3.8) is 0 Å². The Labute approximate surface area is 118 Å². The van der Waals surface area contributed by atoms with Gasteiger partial charge in [0.2, 0.25) is 0 Å². The first-order valence-corrected chi connectivity index (χ1v) is 6.72. The molecule has 1 aromatic heterocycles. The maximum Gasteiger partial charge on any atom is 0.186 e. The number of tetrazole rings is 1. The Bertz CT molecular complexity index is 591. The molecule has 2 rings (SSSR count). The minimum absolute atomic E-state index is 0.163. The third-order valence-corrected chi connectivity index (χ3v) is 3.37. The lowest BCUT2D eigenvalue weighted by molar-refractivity contribution is 0.289. The molecule has 0 amide bonds. The van der Waals surface area contributed by atoms with Gasteiger partial charge in [-0.05, 0) is 48.9 Å². The van der Waals surface area contributed by atoms with Gasteiger partial charge in [0, 0.05) is 5.69 Å². The average molecular weight is 275 g/mol. The van der Waals surface area contributed by atoms with Crippen molar-refractivity contribution in [3.8, 4) is 17.1 Å². The van der Waals surface area contributed by atoms with Gasteiger partial charge >= 0.3 is 0 Å². The fourth-order valence-corrected chi connectivity index (χ4v) is 2.38. The standard InChI is InChI=1S/C14H21N5O/c1-5-8-14(2,3)19-13(16-17-18-19)11-9-10(15)6-7-12(11)20-4/h6-7,9H,5,8,15H2,1-4H3. The molecule has 1 aromatic carbocycles. The maximum atomic E-state index is 5.87. The van der Waals surface area contributed by atoms with Gasteiger partial charge in [-0.3, -0.25) is 0 Å². The van der Waals surface area contributed by atoms with Gasteiger partial charge in [-0.25, -0.2) is 4.68 Å². The van der Waals surface area contributed by atoms with Crippen molar-refractivity contribution in [2.45, 2.75) is 39.2 Å². The number of methoxy groups -OCH3 is 1. The molecule has 2 N–H and O–H groups in total. The summed E-state index contributed by atoms with van der Waals surface area (Å²) in [5, 5.41) is 12.1. The van der Waals surface area contributed by atoms with Crippen LogP contribution in [0.3, 0.4) is 0 Å². The van der Waals surface area contributed by atoms with Crippen molar-refractivity contribution in [1.82, 2.24) is 20.2 Å². The highest BCUT2D eigenvalue weighted by Gasteiger charge is 2.26. The van der Waals surface area contributed by atoms with E-state index in [-0.39, 0.29) is 5.54 Å². The second-order valence-corrected chi connectivity index (χ2v) is 5.44. The van der Waals surface area contributed by atoms with E-state index in [2.05, 4.69) is 36.3 Å². The summed E-state index contributed by atoms with van der Waals surface area (Å²) in [6.07, 6.45) is 2.04. The lowest BCUT2D eigenvalue weighted by Crippen LogP contribution is -2.28. The van der Waals surface area contributed by atoms with Crippen LogP contribution >= 0.6 is 0 Å². The number of benzene rings is 1. The van der Waals surface area contributed by atoms with Gasteiger partial charge in [-0.2, -0.15) is 0 Å². The molecule has 0 aliphatic rings. The Balaban J connectivity index is 2.55. The summed E-state index contributed by atoms with van der Waals surface area (Å²) in [5.41, 5.74) is 7.17. The molecule has 20 heavy (non-hydrogen) atoms. The second-order valence-electron chi connectivity index (χ2n) is 5.44. The number of rotatable bonds is 5. The van der Waals surface area contributed by atoms with Gasteiger partial charge in [0.15, 0.2) is 5.82 Å². The number of nitrogens with zero attached hydrogens (tertiary/aromatic N) is 4. The summed E-state index contributed by atoms with van der Waals surface area (Å²) >= 11 is 0. The van der Waals surface area contributed by atoms with Crippen LogP contribution in [0.25, 0.3) is 11.4 Å². The van der Waals surface area contributed by atoms with Crippen molar-refractivity contribution in [1.29, 1.82) is 0 Å². The molecule has 0 aliphatic heterocycles. The monoisotopic (exact) mass is 275 g/mol. The van der Waals surface area contributed by atoms with Crippen LogP contribution in [0.5, 0.6) is 5.75 Å². The van der Waals surface area contributed by atoms with E-state index in [1.165, 1.54) is 0 Å². The Morgan fingerprint density at radius 3 is 2.75 bits per heavy atom. The number of aromatic nitrogens is 4. The van der Waals surface area contributed by atoms with Gasteiger partial charge < -0.3 is 10.5 Å². The highest BCUT2D eigenvalue weighted by Crippen LogP contribution is 2.33. The third-order valence-electron chi connectivity index (χ3n) is 3.37. The molecule has 108 valence electrons. The van der Waals surface area contributed by atoms with E-state index in [9.17, 15) is 0 Å². The lowest BCUT2D eigenvalue weighted by Gasteiger charge is -2.25. The molecule has 6 nitrogen and oxygen atoms in total. The van der Waals surface area contributed by atoms with Crippen LogP contribution in [-0.2, 0) is 5.54 Å². The van der Waals surface area contributed by atoms with E-state index in [0.29, 0.717) is 17.3 Å². The smallest absolute Gasteiger partial charge is 0.186 e. The normalized spacial score (nSPS) is 11.6. The van der Waals surface area contributed by atoms with Gasteiger partial charge in [-0.1, -0.05) is 13.3 Å². The molecular formula is C14H21N5O. The molecule has 1 heterocycles. The molecule has 0 saturated heterocycles. The predicted octanol–water partition coefficient (Wildman–Crippen LogP) is 2.47. The highest BCUT2D eigenvalue weighted by molar-refractivity contribution is 5.68. The minimum Gasteiger partial charge on any atom is -0.496 e. The van der Waals surface area contributed by atoms with Crippen LogP contribution in [-0.4, -0.2) is 27.3 Å². The largest absolute Gasteiger partial charge is 0.496 e. The molecule has 0 radical (unpaired) electrons. The summed E-state index contributed by atoms with van der Waals surface area (Å²) in [6, 6.07) is 5.47. The van der Waals surface area contributed by atoms with E-state index < -0.39 is 0 Å². The molecule has 0 unspecified atom stereocenters. The molecule has 0 fully saturated rings. The van der Waals surface area contributed by atoms with Crippen molar-refractivity contribution in [3.05, 3.63) is 18.2 Å². The molecule has 0 saturated carbocycles. The minimum atomic E-state index is -0.163. The molecule has 6 heteroatoms. The summed E-state index contributed by atoms with van der Waals surface area (Å²) < 4.78 is 7.23. The zero-order chi connectivity index (χ0) is 14.8. The third kappa shape index (κ3) is 2.59. The zero-order valence-corrected chi connectivity index (χ0v) is 12.4. The van der Waals surface area contributed by atoms with Crippen molar-refractivity contribution in [2.75, 3.05) is 12.8 Å². The van der Waals surface area contributed by atoms with Crippen LogP contribution in [0, 0.1) is 0 Å². The van der Waals surface area contributed by atoms with E-state index >= 15 is 0 Å². The second kappa shape index (κ2) is 5.48. The Morgan fingerprint density at radius 2 is 2.10 bits per heavy atom. The van der Waals surface area contributed by atoms with Crippen molar-refractivity contribution >= 4 is 5.69 Å². The van der Waals surface area contributed by atoms with Crippen molar-refractivity contribution < 1.29 is 4.74 Å². The molecule has 0 bridgehead atoms. The number of nitrogens with two attached hydrogens (primary N) is 1. The first-order valence-electron chi connectivity index (χ1n) is 6.72. The quantitative estimate of drug-likeness (QED) is 0.848. The van der Waals surface area contributed by atoms with Crippen LogP contribution in [0.2, 0.25) is 0 Å². The van der Waals surface area contributed by atoms with E-state index in [0.717, 1.165) is 18.4 Å². The number of nitrogen functional groups attached to an aromatic ring is 1. The lowest BCUT2D eigenvalue weighted by atomic mass is 9.98. The Morgan fingerprint density at radius 1 is 1.35 bits per heavy atom. The molecule has 2 aromatic rings. The Hall–Kier alpha value is -2.11. The van der Waals surface area contributed by atoms with Crippen LogP contribution in [0.4, 0.5) is 5.69 Å². The van der Waals surface area contributed by atoms with Gasteiger partial charge in [-0.15, -0.1) is 5.10 Å². The van der Waals surface area contributed by atoms with E-state index in [1.807, 2.05) is 16.8 Å². The number of ether oxygens (including phenoxy) is 1. The maximum absolute atomic E-state index is 5.87. The first kappa shape index (κ1) is 14.3. The average Bonchev–Trinajstić information content (AvgIpc) is 2.88. The number of hydrogen-bond acceptors (Lipinski definition) is 5. The van der Waals surface area contributed by atoms with E-state index in [1.54, 1.807) is 13.2 Å². The summed E-state index contributed by atoms with van der Waals surface area (Å²) in [4.78, 5) is 0. The van der Waals surface area contributed by atoms with Gasteiger partial charge in [0.1, 0.15) is 5.75 Å². The first-order chi connectivity index (χ1) is 9.49. The van der Waals surface area contributed by atoms with Gasteiger partial charge in [0.25, 0.3) is 0 Å². The summed E-state index contributed by atoms with van der Waals surface area (Å²) in [6.45, 7) is 6.39. The fraction of sp³-hybridized carbons (Fsp3) is 0.500. The van der Waals surface area contributed by atoms with Crippen molar-refractivity contribution in [2.24, 2.45) is 0 Å². The SMILES string of the molecule is CCCC(C)(C)n1nnnc1-c1cc(N)ccc1OC. The molecular weight excluding hydrogens is 254 g/mol. The van der Waals surface area contributed by atoms with Crippen LogP contribution < -0.4 is 10.5 Å².